The second-order valence-corrected chi connectivity index (χ2v) is 6.34. The number of carbonyl (C=O) groups is 2. The van der Waals surface area contributed by atoms with Crippen LogP contribution in [0.2, 0.25) is 0 Å². The summed E-state index contributed by atoms with van der Waals surface area (Å²) in [4.78, 5) is 24.2. The lowest BCUT2D eigenvalue weighted by Gasteiger charge is -2.19. The Hall–Kier alpha value is -1.49. The minimum Gasteiger partial charge on any atom is -0.454 e. The Morgan fingerprint density at radius 2 is 1.80 bits per heavy atom. The number of Topliss-reactive ketones (excluding diaryl/α,β-unsaturated/α-hetero) is 1. The monoisotopic (exact) mass is 292 g/mol. The fourth-order valence-corrected chi connectivity index (χ4v) is 3.64. The van der Waals surface area contributed by atoms with Crippen LogP contribution in [0.5, 0.6) is 11.5 Å². The zero-order valence-electron chi connectivity index (χ0n) is 11.1. The lowest BCUT2D eigenvalue weighted by molar-refractivity contribution is -0.107. The molecule has 106 valence electrons. The molecule has 1 aliphatic heterocycles. The molecular formula is C15H16O4S. The zero-order chi connectivity index (χ0) is 13.9. The number of benzene rings is 1. The highest BCUT2D eigenvalue weighted by Crippen LogP contribution is 2.34. The van der Waals surface area contributed by atoms with Crippen LogP contribution in [0.1, 0.15) is 42.5 Å². The second-order valence-electron chi connectivity index (χ2n) is 5.06. The maximum Gasteiger partial charge on any atom is 0.260 e. The van der Waals surface area contributed by atoms with E-state index in [9.17, 15) is 9.59 Å². The first-order chi connectivity index (χ1) is 9.74. The smallest absolute Gasteiger partial charge is 0.260 e. The third kappa shape index (κ3) is 2.82. The van der Waals surface area contributed by atoms with Crippen LogP contribution in [0.15, 0.2) is 18.2 Å². The van der Waals surface area contributed by atoms with Crippen molar-refractivity contribution in [3.05, 3.63) is 23.8 Å². The van der Waals surface area contributed by atoms with Gasteiger partial charge in [0.2, 0.25) is 12.6 Å². The number of hydrogen-bond acceptors (Lipinski definition) is 5. The number of fused-ring (bicyclic) bond motifs is 1. The molecule has 20 heavy (non-hydrogen) atoms. The van der Waals surface area contributed by atoms with Crippen LogP contribution in [-0.4, -0.2) is 22.9 Å². The van der Waals surface area contributed by atoms with Crippen LogP contribution in [0, 0.1) is 0 Å². The Bertz CT molecular complexity index is 535. The molecule has 0 amide bonds. The van der Waals surface area contributed by atoms with Gasteiger partial charge < -0.3 is 9.47 Å². The van der Waals surface area contributed by atoms with E-state index in [1.54, 1.807) is 18.2 Å². The van der Waals surface area contributed by atoms with Crippen molar-refractivity contribution in [1.82, 2.24) is 0 Å². The summed E-state index contributed by atoms with van der Waals surface area (Å²) in [7, 11) is 0. The van der Waals surface area contributed by atoms with E-state index in [0.717, 1.165) is 25.7 Å². The average Bonchev–Trinajstić information content (AvgIpc) is 2.94. The second kappa shape index (κ2) is 5.87. The number of rotatable bonds is 3. The molecular weight excluding hydrogens is 276 g/mol. The molecule has 3 rings (SSSR count). The molecule has 0 aromatic heterocycles. The summed E-state index contributed by atoms with van der Waals surface area (Å²) < 4.78 is 10.4. The van der Waals surface area contributed by atoms with E-state index in [-0.39, 0.29) is 11.9 Å². The highest BCUT2D eigenvalue weighted by molar-refractivity contribution is 8.16. The van der Waals surface area contributed by atoms with Crippen LogP contribution < -0.4 is 9.47 Å². The van der Waals surface area contributed by atoms with Crippen molar-refractivity contribution in [2.24, 2.45) is 0 Å². The minimum absolute atomic E-state index is 0.164. The third-order valence-electron chi connectivity index (χ3n) is 3.65. The Kier molecular flexibility index (Phi) is 3.96. The first kappa shape index (κ1) is 13.5. The molecule has 4 nitrogen and oxygen atoms in total. The first-order valence-corrected chi connectivity index (χ1v) is 7.77. The Morgan fingerprint density at radius 3 is 2.60 bits per heavy atom. The van der Waals surface area contributed by atoms with Crippen molar-refractivity contribution >= 4 is 22.7 Å². The molecule has 1 aromatic carbocycles. The fraction of sp³-hybridized carbons (Fsp3) is 0.467. The molecule has 0 radical (unpaired) electrons. The molecule has 1 aliphatic carbocycles. The average molecular weight is 292 g/mol. The van der Waals surface area contributed by atoms with Gasteiger partial charge in [-0.25, -0.2) is 0 Å². The topological polar surface area (TPSA) is 52.6 Å². The van der Waals surface area contributed by atoms with Crippen molar-refractivity contribution in [2.45, 2.75) is 37.4 Å². The van der Waals surface area contributed by atoms with Gasteiger partial charge in [0, 0.05) is 10.8 Å². The lowest BCUT2D eigenvalue weighted by Crippen LogP contribution is -2.17. The molecule has 1 fully saturated rings. The van der Waals surface area contributed by atoms with Crippen molar-refractivity contribution in [3.8, 4) is 11.5 Å². The third-order valence-corrected chi connectivity index (χ3v) is 4.85. The van der Waals surface area contributed by atoms with Crippen molar-refractivity contribution < 1.29 is 19.1 Å². The van der Waals surface area contributed by atoms with Crippen molar-refractivity contribution in [2.75, 3.05) is 6.79 Å². The summed E-state index contributed by atoms with van der Waals surface area (Å²) in [6, 6.07) is 4.88. The van der Waals surface area contributed by atoms with Gasteiger partial charge in [-0.3, -0.25) is 9.59 Å². The maximum atomic E-state index is 12.2. The molecule has 0 bridgehead atoms. The Morgan fingerprint density at radius 1 is 1.05 bits per heavy atom. The van der Waals surface area contributed by atoms with Gasteiger partial charge >= 0.3 is 0 Å². The van der Waals surface area contributed by atoms with Crippen LogP contribution in [0.25, 0.3) is 0 Å². The molecule has 0 atom stereocenters. The van der Waals surface area contributed by atoms with Crippen LogP contribution in [0.4, 0.5) is 0 Å². The van der Waals surface area contributed by atoms with E-state index >= 15 is 0 Å². The molecule has 0 N–H and O–H groups in total. The van der Waals surface area contributed by atoms with Crippen LogP contribution >= 0.6 is 11.8 Å². The molecule has 1 saturated carbocycles. The summed E-state index contributed by atoms with van der Waals surface area (Å²) in [5.74, 6) is 0.708. The number of thioether (sulfide) groups is 1. The van der Waals surface area contributed by atoms with Crippen LogP contribution in [0.3, 0.4) is 0 Å². The molecule has 0 unspecified atom stereocenters. The van der Waals surface area contributed by atoms with Gasteiger partial charge in [0.05, 0.1) is 0 Å². The molecule has 0 saturated heterocycles. The molecule has 1 aromatic rings. The normalized spacial score (nSPS) is 18.0. The number of carbonyl (C=O) groups excluding carboxylic acids is 2. The number of hydrogen-bond donors (Lipinski definition) is 0. The predicted molar refractivity (Wildman–Crippen MR) is 76.4 cm³/mol. The summed E-state index contributed by atoms with van der Waals surface area (Å²) in [6.07, 6.45) is 5.61. The van der Waals surface area contributed by atoms with Gasteiger partial charge in [-0.2, -0.15) is 0 Å². The Labute approximate surface area is 121 Å². The largest absolute Gasteiger partial charge is 0.454 e. The molecule has 2 aliphatic rings. The van der Waals surface area contributed by atoms with E-state index in [1.807, 2.05) is 0 Å². The first-order valence-electron chi connectivity index (χ1n) is 6.89. The van der Waals surface area contributed by atoms with Gasteiger partial charge in [-0.15, -0.1) is 0 Å². The number of ether oxygens (including phenoxy) is 2. The van der Waals surface area contributed by atoms with E-state index in [2.05, 4.69) is 0 Å². The van der Waals surface area contributed by atoms with Crippen LogP contribution in [-0.2, 0) is 4.79 Å². The van der Waals surface area contributed by atoms with E-state index < -0.39 is 5.78 Å². The van der Waals surface area contributed by atoms with E-state index in [4.69, 9.17) is 9.47 Å². The SMILES string of the molecule is O=C(SC1CCCCC1)C(=O)c1ccc2c(c1)OCO2. The maximum absolute atomic E-state index is 12.2. The summed E-state index contributed by atoms with van der Waals surface area (Å²) in [5, 5.41) is -0.0648. The van der Waals surface area contributed by atoms with Gasteiger partial charge in [-0.05, 0) is 31.0 Å². The van der Waals surface area contributed by atoms with E-state index in [1.165, 1.54) is 18.2 Å². The number of ketones is 1. The summed E-state index contributed by atoms with van der Waals surface area (Å²) >= 11 is 1.20. The molecule has 0 spiro atoms. The highest BCUT2D eigenvalue weighted by atomic mass is 32.2. The minimum atomic E-state index is -0.445. The standard InChI is InChI=1S/C15H16O4S/c16-14(15(17)20-11-4-2-1-3-5-11)10-6-7-12-13(8-10)19-9-18-12/h6-8,11H,1-5,9H2. The van der Waals surface area contributed by atoms with Crippen molar-refractivity contribution in [3.63, 3.8) is 0 Å². The van der Waals surface area contributed by atoms with Gasteiger partial charge in [-0.1, -0.05) is 31.0 Å². The van der Waals surface area contributed by atoms with Crippen molar-refractivity contribution in [1.29, 1.82) is 0 Å². The molecule has 1 heterocycles. The van der Waals surface area contributed by atoms with Gasteiger partial charge in [0.25, 0.3) is 5.12 Å². The van der Waals surface area contributed by atoms with Gasteiger partial charge in [0.1, 0.15) is 0 Å². The zero-order valence-corrected chi connectivity index (χ0v) is 11.9. The highest BCUT2D eigenvalue weighted by Gasteiger charge is 2.25. The van der Waals surface area contributed by atoms with E-state index in [0.29, 0.717) is 22.3 Å². The summed E-state index contributed by atoms with van der Waals surface area (Å²) in [6.45, 7) is 0.164. The summed E-state index contributed by atoms with van der Waals surface area (Å²) in [5.41, 5.74) is 0.377. The quantitative estimate of drug-likeness (QED) is 0.632. The molecule has 5 heteroatoms. The Balaban J connectivity index is 1.67. The van der Waals surface area contributed by atoms with Gasteiger partial charge in [0.15, 0.2) is 11.5 Å². The fourth-order valence-electron chi connectivity index (χ4n) is 2.54. The predicted octanol–water partition coefficient (Wildman–Crippen LogP) is 3.19. The lowest BCUT2D eigenvalue weighted by atomic mass is 10.0.